The minimum atomic E-state index is -0.537. The maximum atomic E-state index is 12.0. The van der Waals surface area contributed by atoms with Gasteiger partial charge in [-0.1, -0.05) is 30.3 Å². The van der Waals surface area contributed by atoms with Crippen molar-refractivity contribution in [3.63, 3.8) is 0 Å². The van der Waals surface area contributed by atoms with Crippen LogP contribution in [0.1, 0.15) is 31.4 Å². The van der Waals surface area contributed by atoms with Gasteiger partial charge in [-0.15, -0.1) is 0 Å². The number of rotatable bonds is 6. The van der Waals surface area contributed by atoms with Gasteiger partial charge in [0.05, 0.1) is 6.10 Å². The third-order valence-corrected chi connectivity index (χ3v) is 4.73. The van der Waals surface area contributed by atoms with Crippen LogP contribution in [-0.2, 0) is 4.79 Å². The molecule has 0 bridgehead atoms. The Morgan fingerprint density at radius 2 is 2.24 bits per heavy atom. The van der Waals surface area contributed by atoms with Crippen LogP contribution in [0.5, 0.6) is 0 Å². The van der Waals surface area contributed by atoms with Crippen molar-refractivity contribution in [3.05, 3.63) is 35.9 Å². The molecule has 3 N–H and O–H groups in total. The predicted molar refractivity (Wildman–Crippen MR) is 87.4 cm³/mol. The summed E-state index contributed by atoms with van der Waals surface area (Å²) in [6.45, 7) is 2.91. The van der Waals surface area contributed by atoms with E-state index in [9.17, 15) is 9.90 Å². The van der Waals surface area contributed by atoms with Crippen molar-refractivity contribution >= 4 is 17.7 Å². The van der Waals surface area contributed by atoms with Gasteiger partial charge in [0.2, 0.25) is 5.91 Å². The van der Waals surface area contributed by atoms with Gasteiger partial charge in [-0.05, 0) is 18.9 Å². The summed E-state index contributed by atoms with van der Waals surface area (Å²) in [6.07, 6.45) is 0.506. The lowest BCUT2D eigenvalue weighted by atomic mass is 10.0. The van der Waals surface area contributed by atoms with Crippen LogP contribution in [0, 0.1) is 0 Å². The molecule has 0 saturated carbocycles. The van der Waals surface area contributed by atoms with Gasteiger partial charge in [0.15, 0.2) is 0 Å². The zero-order valence-corrected chi connectivity index (χ0v) is 13.2. The summed E-state index contributed by atoms with van der Waals surface area (Å²) in [5.41, 5.74) is 0.893. The number of aliphatic hydroxyl groups excluding tert-OH is 1. The van der Waals surface area contributed by atoms with E-state index >= 15 is 0 Å². The summed E-state index contributed by atoms with van der Waals surface area (Å²) < 4.78 is 0. The number of hydrogen-bond acceptors (Lipinski definition) is 4. The Labute approximate surface area is 130 Å². The van der Waals surface area contributed by atoms with E-state index in [0.29, 0.717) is 12.8 Å². The number of carbonyl (C=O) groups is 1. The summed E-state index contributed by atoms with van der Waals surface area (Å²) in [7, 11) is 0. The predicted octanol–water partition coefficient (Wildman–Crippen LogP) is 1.71. The zero-order valence-electron chi connectivity index (χ0n) is 12.4. The van der Waals surface area contributed by atoms with Crippen LogP contribution in [0.25, 0.3) is 0 Å². The van der Waals surface area contributed by atoms with Gasteiger partial charge >= 0.3 is 0 Å². The minimum Gasteiger partial charge on any atom is -0.388 e. The highest BCUT2D eigenvalue weighted by atomic mass is 32.2. The summed E-state index contributed by atoms with van der Waals surface area (Å²) in [6, 6.07) is 9.79. The Bertz CT molecular complexity index is 435. The maximum absolute atomic E-state index is 12.0. The smallest absolute Gasteiger partial charge is 0.221 e. The van der Waals surface area contributed by atoms with Gasteiger partial charge in [0.1, 0.15) is 0 Å². The standard InChI is InChI=1S/C16H24N2O2S/c1-12(9-15(19)13-5-3-2-4-6-13)18-16(20)10-14-11-21-8-7-17-14/h2-6,12,14-15,17,19H,7-11H2,1H3,(H,18,20). The van der Waals surface area contributed by atoms with E-state index in [1.807, 2.05) is 49.0 Å². The second-order valence-electron chi connectivity index (χ2n) is 5.56. The molecule has 0 radical (unpaired) electrons. The molecule has 1 saturated heterocycles. The first kappa shape index (κ1) is 16.3. The molecule has 0 spiro atoms. The van der Waals surface area contributed by atoms with Crippen molar-refractivity contribution in [2.45, 2.75) is 38.0 Å². The fourth-order valence-electron chi connectivity index (χ4n) is 2.51. The topological polar surface area (TPSA) is 61.4 Å². The summed E-state index contributed by atoms with van der Waals surface area (Å²) >= 11 is 1.89. The maximum Gasteiger partial charge on any atom is 0.221 e. The quantitative estimate of drug-likeness (QED) is 0.749. The molecule has 4 nitrogen and oxygen atoms in total. The number of thioether (sulfide) groups is 1. The number of hydrogen-bond donors (Lipinski definition) is 3. The van der Waals surface area contributed by atoms with E-state index < -0.39 is 6.10 Å². The number of aliphatic hydroxyl groups is 1. The summed E-state index contributed by atoms with van der Waals surface area (Å²) in [4.78, 5) is 12.0. The molecule has 1 aromatic rings. The second-order valence-corrected chi connectivity index (χ2v) is 6.71. The first-order valence-electron chi connectivity index (χ1n) is 7.48. The van der Waals surface area contributed by atoms with E-state index in [1.54, 1.807) is 0 Å². The van der Waals surface area contributed by atoms with Gasteiger partial charge in [-0.2, -0.15) is 11.8 Å². The molecule has 2 rings (SSSR count). The molecule has 5 heteroatoms. The van der Waals surface area contributed by atoms with Crippen molar-refractivity contribution in [2.24, 2.45) is 0 Å². The lowest BCUT2D eigenvalue weighted by molar-refractivity contribution is -0.122. The van der Waals surface area contributed by atoms with E-state index in [-0.39, 0.29) is 18.0 Å². The highest BCUT2D eigenvalue weighted by molar-refractivity contribution is 7.99. The van der Waals surface area contributed by atoms with Crippen LogP contribution < -0.4 is 10.6 Å². The van der Waals surface area contributed by atoms with Crippen LogP contribution in [0.15, 0.2) is 30.3 Å². The number of amides is 1. The van der Waals surface area contributed by atoms with E-state index in [1.165, 1.54) is 0 Å². The summed E-state index contributed by atoms with van der Waals surface area (Å²) in [5.74, 6) is 2.18. The molecular formula is C16H24N2O2S. The van der Waals surface area contributed by atoms with Gasteiger partial charge in [0, 0.05) is 36.6 Å². The molecule has 1 heterocycles. The minimum absolute atomic E-state index is 0.0380. The van der Waals surface area contributed by atoms with Gasteiger partial charge in [0.25, 0.3) is 0 Å². The Hall–Kier alpha value is -1.04. The fourth-order valence-corrected chi connectivity index (χ4v) is 3.46. The average Bonchev–Trinajstić information content (AvgIpc) is 2.48. The Morgan fingerprint density at radius 3 is 2.90 bits per heavy atom. The second kappa shape index (κ2) is 8.41. The van der Waals surface area contributed by atoms with Crippen molar-refractivity contribution < 1.29 is 9.90 Å². The molecular weight excluding hydrogens is 284 g/mol. The highest BCUT2D eigenvalue weighted by Crippen LogP contribution is 2.18. The Morgan fingerprint density at radius 1 is 1.48 bits per heavy atom. The van der Waals surface area contributed by atoms with Crippen LogP contribution in [-0.4, -0.2) is 41.1 Å². The molecule has 21 heavy (non-hydrogen) atoms. The first-order chi connectivity index (χ1) is 10.1. The lowest BCUT2D eigenvalue weighted by Gasteiger charge is -2.24. The van der Waals surface area contributed by atoms with Crippen LogP contribution in [0.3, 0.4) is 0 Å². The number of benzene rings is 1. The molecule has 116 valence electrons. The molecule has 3 unspecified atom stereocenters. The third-order valence-electron chi connectivity index (χ3n) is 3.60. The lowest BCUT2D eigenvalue weighted by Crippen LogP contribution is -2.43. The SMILES string of the molecule is CC(CC(O)c1ccccc1)NC(=O)CC1CSCCN1. The monoisotopic (exact) mass is 308 g/mol. The Kier molecular flexibility index (Phi) is 6.54. The molecule has 1 aliphatic heterocycles. The van der Waals surface area contributed by atoms with Crippen molar-refractivity contribution in [1.82, 2.24) is 10.6 Å². The van der Waals surface area contributed by atoms with Gasteiger partial charge in [-0.3, -0.25) is 4.79 Å². The Balaban J connectivity index is 1.73. The van der Waals surface area contributed by atoms with Crippen molar-refractivity contribution in [3.8, 4) is 0 Å². The summed E-state index contributed by atoms with van der Waals surface area (Å²) in [5, 5.41) is 16.5. The zero-order chi connectivity index (χ0) is 15.1. The molecule has 3 atom stereocenters. The molecule has 1 amide bonds. The van der Waals surface area contributed by atoms with Crippen molar-refractivity contribution in [1.29, 1.82) is 0 Å². The van der Waals surface area contributed by atoms with Gasteiger partial charge < -0.3 is 15.7 Å². The molecule has 1 aromatic carbocycles. The van der Waals surface area contributed by atoms with E-state index in [4.69, 9.17) is 0 Å². The number of carbonyl (C=O) groups excluding carboxylic acids is 1. The number of nitrogens with one attached hydrogen (secondary N) is 2. The largest absolute Gasteiger partial charge is 0.388 e. The fraction of sp³-hybridized carbons (Fsp3) is 0.562. The normalized spacial score (nSPS) is 21.5. The molecule has 1 aliphatic rings. The van der Waals surface area contributed by atoms with E-state index in [2.05, 4.69) is 10.6 Å². The first-order valence-corrected chi connectivity index (χ1v) is 8.64. The molecule has 1 fully saturated rings. The molecule has 0 aliphatic carbocycles. The average molecular weight is 308 g/mol. The highest BCUT2D eigenvalue weighted by Gasteiger charge is 2.19. The third kappa shape index (κ3) is 5.69. The van der Waals surface area contributed by atoms with Crippen molar-refractivity contribution in [2.75, 3.05) is 18.1 Å². The van der Waals surface area contributed by atoms with Crippen LogP contribution >= 0.6 is 11.8 Å². The molecule has 0 aromatic heterocycles. The van der Waals surface area contributed by atoms with Crippen LogP contribution in [0.4, 0.5) is 0 Å². The van der Waals surface area contributed by atoms with E-state index in [0.717, 1.165) is 23.6 Å². The van der Waals surface area contributed by atoms with Gasteiger partial charge in [-0.25, -0.2) is 0 Å². The van der Waals surface area contributed by atoms with Crippen LogP contribution in [0.2, 0.25) is 0 Å².